The fourth-order valence-corrected chi connectivity index (χ4v) is 1.72. The van der Waals surface area contributed by atoms with Crippen molar-refractivity contribution in [1.82, 2.24) is 4.98 Å². The van der Waals surface area contributed by atoms with E-state index in [4.69, 9.17) is 4.42 Å². The summed E-state index contributed by atoms with van der Waals surface area (Å²) >= 11 is 0. The molecule has 0 radical (unpaired) electrons. The number of oxazole rings is 1. The van der Waals surface area contributed by atoms with Crippen molar-refractivity contribution in [2.45, 2.75) is 0 Å². The van der Waals surface area contributed by atoms with E-state index < -0.39 is 0 Å². The Morgan fingerprint density at radius 2 is 1.88 bits per heavy atom. The number of carbonyl (C=O) groups excluding carboxylic acids is 1. The molecule has 0 saturated carbocycles. The standard InChI is InChI=1S/C14H9NO2/c16-9-10-6-7-12-13(8-10)17-14(15-12)11-4-2-1-3-5-11/h1-9H. The number of aromatic nitrogens is 1. The van der Waals surface area contributed by atoms with Crippen molar-refractivity contribution in [3.8, 4) is 11.5 Å². The molecule has 0 amide bonds. The highest BCUT2D eigenvalue weighted by molar-refractivity contribution is 5.84. The Kier molecular flexibility index (Phi) is 2.22. The van der Waals surface area contributed by atoms with Crippen molar-refractivity contribution < 1.29 is 9.21 Å². The molecule has 3 rings (SSSR count). The third-order valence-electron chi connectivity index (χ3n) is 2.57. The molecule has 1 aromatic heterocycles. The molecule has 1 heterocycles. The molecule has 82 valence electrons. The summed E-state index contributed by atoms with van der Waals surface area (Å²) in [6, 6.07) is 14.9. The smallest absolute Gasteiger partial charge is 0.227 e. The second-order valence-corrected chi connectivity index (χ2v) is 3.73. The molecule has 0 aliphatic rings. The van der Waals surface area contributed by atoms with E-state index in [1.165, 1.54) is 0 Å². The van der Waals surface area contributed by atoms with Crippen molar-refractivity contribution >= 4 is 17.4 Å². The number of benzene rings is 2. The molecular weight excluding hydrogens is 214 g/mol. The van der Waals surface area contributed by atoms with Crippen molar-refractivity contribution in [2.75, 3.05) is 0 Å². The van der Waals surface area contributed by atoms with Crippen molar-refractivity contribution in [3.05, 3.63) is 54.1 Å². The lowest BCUT2D eigenvalue weighted by Crippen LogP contribution is -1.77. The first-order valence-electron chi connectivity index (χ1n) is 5.28. The Balaban J connectivity index is 2.17. The quantitative estimate of drug-likeness (QED) is 0.626. The SMILES string of the molecule is O=Cc1ccc2nc(-c3ccccc3)oc2c1. The largest absolute Gasteiger partial charge is 0.436 e. The summed E-state index contributed by atoms with van der Waals surface area (Å²) in [7, 11) is 0. The van der Waals surface area contributed by atoms with E-state index in [2.05, 4.69) is 4.98 Å². The second kappa shape index (κ2) is 3.87. The topological polar surface area (TPSA) is 43.1 Å². The van der Waals surface area contributed by atoms with Gasteiger partial charge in [-0.25, -0.2) is 4.98 Å². The van der Waals surface area contributed by atoms with Crippen LogP contribution in [0.5, 0.6) is 0 Å². The molecule has 0 aliphatic carbocycles. The molecule has 0 fully saturated rings. The van der Waals surface area contributed by atoms with Crippen LogP contribution in [0, 0.1) is 0 Å². The maximum atomic E-state index is 10.7. The molecule has 17 heavy (non-hydrogen) atoms. The number of nitrogens with zero attached hydrogens (tertiary/aromatic N) is 1. The zero-order chi connectivity index (χ0) is 11.7. The number of hydrogen-bond donors (Lipinski definition) is 0. The predicted octanol–water partition coefficient (Wildman–Crippen LogP) is 3.31. The Morgan fingerprint density at radius 3 is 2.65 bits per heavy atom. The van der Waals surface area contributed by atoms with Crippen molar-refractivity contribution in [2.24, 2.45) is 0 Å². The summed E-state index contributed by atoms with van der Waals surface area (Å²) in [5, 5.41) is 0. The minimum absolute atomic E-state index is 0.573. The van der Waals surface area contributed by atoms with Crippen LogP contribution in [-0.4, -0.2) is 11.3 Å². The van der Waals surface area contributed by atoms with Crippen LogP contribution in [0.4, 0.5) is 0 Å². The molecular formula is C14H9NO2. The van der Waals surface area contributed by atoms with Gasteiger partial charge in [-0.15, -0.1) is 0 Å². The number of fused-ring (bicyclic) bond motifs is 1. The average Bonchev–Trinajstić information content (AvgIpc) is 2.82. The molecule has 0 N–H and O–H groups in total. The highest BCUT2D eigenvalue weighted by Gasteiger charge is 2.07. The van der Waals surface area contributed by atoms with Gasteiger partial charge in [0.2, 0.25) is 5.89 Å². The number of aldehydes is 1. The van der Waals surface area contributed by atoms with Gasteiger partial charge in [-0.1, -0.05) is 18.2 Å². The number of hydrogen-bond acceptors (Lipinski definition) is 3. The minimum Gasteiger partial charge on any atom is -0.436 e. The van der Waals surface area contributed by atoms with E-state index in [1.807, 2.05) is 30.3 Å². The molecule has 0 atom stereocenters. The first kappa shape index (κ1) is 9.78. The summed E-state index contributed by atoms with van der Waals surface area (Å²) in [6.07, 6.45) is 0.796. The van der Waals surface area contributed by atoms with Gasteiger partial charge in [0.15, 0.2) is 5.58 Å². The molecule has 3 nitrogen and oxygen atoms in total. The van der Waals surface area contributed by atoms with E-state index in [1.54, 1.807) is 18.2 Å². The van der Waals surface area contributed by atoms with Gasteiger partial charge in [0, 0.05) is 11.1 Å². The van der Waals surface area contributed by atoms with Crippen LogP contribution in [0.3, 0.4) is 0 Å². The zero-order valence-electron chi connectivity index (χ0n) is 8.96. The van der Waals surface area contributed by atoms with Gasteiger partial charge in [-0.05, 0) is 30.3 Å². The van der Waals surface area contributed by atoms with Gasteiger partial charge in [0.1, 0.15) is 11.8 Å². The third-order valence-corrected chi connectivity index (χ3v) is 2.57. The zero-order valence-corrected chi connectivity index (χ0v) is 8.96. The lowest BCUT2D eigenvalue weighted by atomic mass is 10.2. The van der Waals surface area contributed by atoms with Gasteiger partial charge >= 0.3 is 0 Å². The maximum Gasteiger partial charge on any atom is 0.227 e. The Bertz CT molecular complexity index is 671. The van der Waals surface area contributed by atoms with E-state index in [9.17, 15) is 4.79 Å². The van der Waals surface area contributed by atoms with Crippen LogP contribution in [0.2, 0.25) is 0 Å². The molecule has 0 bridgehead atoms. The summed E-state index contributed by atoms with van der Waals surface area (Å²) in [4.78, 5) is 15.0. The van der Waals surface area contributed by atoms with E-state index >= 15 is 0 Å². The van der Waals surface area contributed by atoms with Gasteiger partial charge in [0.25, 0.3) is 0 Å². The molecule has 2 aromatic carbocycles. The van der Waals surface area contributed by atoms with Crippen LogP contribution >= 0.6 is 0 Å². The molecule has 0 aliphatic heterocycles. The van der Waals surface area contributed by atoms with Crippen LogP contribution in [0.25, 0.3) is 22.6 Å². The number of carbonyl (C=O) groups is 1. The first-order valence-corrected chi connectivity index (χ1v) is 5.28. The molecule has 3 heteroatoms. The highest BCUT2D eigenvalue weighted by Crippen LogP contribution is 2.24. The van der Waals surface area contributed by atoms with Crippen LogP contribution in [0.1, 0.15) is 10.4 Å². The normalized spacial score (nSPS) is 10.6. The Hall–Kier alpha value is -2.42. The Labute approximate surface area is 97.7 Å². The fraction of sp³-hybridized carbons (Fsp3) is 0. The fourth-order valence-electron chi connectivity index (χ4n) is 1.72. The van der Waals surface area contributed by atoms with E-state index in [-0.39, 0.29) is 0 Å². The van der Waals surface area contributed by atoms with E-state index in [0.29, 0.717) is 17.0 Å². The molecule has 0 spiro atoms. The predicted molar refractivity (Wildman–Crippen MR) is 64.8 cm³/mol. The monoisotopic (exact) mass is 223 g/mol. The number of rotatable bonds is 2. The van der Waals surface area contributed by atoms with Gasteiger partial charge in [-0.3, -0.25) is 4.79 Å². The lowest BCUT2D eigenvalue weighted by Gasteiger charge is -1.91. The summed E-state index contributed by atoms with van der Waals surface area (Å²) in [6.45, 7) is 0. The summed E-state index contributed by atoms with van der Waals surface area (Å²) in [5.74, 6) is 0.573. The van der Waals surface area contributed by atoms with Gasteiger partial charge in [-0.2, -0.15) is 0 Å². The molecule has 0 saturated heterocycles. The lowest BCUT2D eigenvalue weighted by molar-refractivity contribution is 0.112. The Morgan fingerprint density at radius 1 is 1.06 bits per heavy atom. The minimum atomic E-state index is 0.573. The van der Waals surface area contributed by atoms with Crippen LogP contribution < -0.4 is 0 Å². The third kappa shape index (κ3) is 1.72. The maximum absolute atomic E-state index is 10.7. The summed E-state index contributed by atoms with van der Waals surface area (Å²) in [5.41, 5.74) is 2.91. The van der Waals surface area contributed by atoms with E-state index in [0.717, 1.165) is 17.4 Å². The first-order chi connectivity index (χ1) is 8.36. The second-order valence-electron chi connectivity index (χ2n) is 3.73. The summed E-state index contributed by atoms with van der Waals surface area (Å²) < 4.78 is 5.63. The molecule has 0 unspecified atom stereocenters. The highest BCUT2D eigenvalue weighted by atomic mass is 16.3. The van der Waals surface area contributed by atoms with Crippen molar-refractivity contribution in [3.63, 3.8) is 0 Å². The van der Waals surface area contributed by atoms with Gasteiger partial charge in [0.05, 0.1) is 0 Å². The van der Waals surface area contributed by atoms with Crippen LogP contribution in [0.15, 0.2) is 52.9 Å². The van der Waals surface area contributed by atoms with Crippen LogP contribution in [-0.2, 0) is 0 Å². The van der Waals surface area contributed by atoms with Gasteiger partial charge < -0.3 is 4.42 Å². The average molecular weight is 223 g/mol. The van der Waals surface area contributed by atoms with Crippen molar-refractivity contribution in [1.29, 1.82) is 0 Å². The molecule has 3 aromatic rings.